The lowest BCUT2D eigenvalue weighted by Gasteiger charge is -2.20. The predicted molar refractivity (Wildman–Crippen MR) is 100 cm³/mol. The number of rotatable bonds is 3. The van der Waals surface area contributed by atoms with Gasteiger partial charge in [-0.2, -0.15) is 16.8 Å². The molecule has 0 saturated carbocycles. The largest absolute Gasteiger partial charge is 0.295 e. The molecule has 10 heteroatoms. The van der Waals surface area contributed by atoms with Crippen molar-refractivity contribution in [3.05, 3.63) is 44.4 Å². The van der Waals surface area contributed by atoms with Gasteiger partial charge in [-0.05, 0) is 62.1 Å². The first kappa shape index (κ1) is 21.1. The van der Waals surface area contributed by atoms with Crippen molar-refractivity contribution in [1.29, 1.82) is 0 Å². The number of benzene rings is 2. The van der Waals surface area contributed by atoms with Crippen LogP contribution in [0, 0.1) is 27.7 Å². The van der Waals surface area contributed by atoms with Crippen LogP contribution in [0.3, 0.4) is 0 Å². The highest BCUT2D eigenvalue weighted by Gasteiger charge is 2.29. The minimum absolute atomic E-state index is 0.0562. The second kappa shape index (κ2) is 6.78. The molecule has 0 unspecified atom stereocenters. The molecule has 26 heavy (non-hydrogen) atoms. The van der Waals surface area contributed by atoms with E-state index in [2.05, 4.69) is 0 Å². The molecule has 0 radical (unpaired) electrons. The van der Waals surface area contributed by atoms with Crippen molar-refractivity contribution >= 4 is 43.4 Å². The van der Waals surface area contributed by atoms with Crippen LogP contribution in [0.15, 0.2) is 21.9 Å². The van der Waals surface area contributed by atoms with Gasteiger partial charge in [0.1, 0.15) is 9.79 Å². The lowest BCUT2D eigenvalue weighted by atomic mass is 9.92. The highest BCUT2D eigenvalue weighted by atomic mass is 35.5. The van der Waals surface area contributed by atoms with E-state index in [1.165, 1.54) is 0 Å². The van der Waals surface area contributed by atoms with E-state index in [0.29, 0.717) is 22.3 Å². The number of hydrogen-bond donors (Lipinski definition) is 2. The van der Waals surface area contributed by atoms with Gasteiger partial charge in [-0.3, -0.25) is 9.11 Å². The summed E-state index contributed by atoms with van der Waals surface area (Å²) < 4.78 is 67.0. The second-order valence-electron chi connectivity index (χ2n) is 5.91. The van der Waals surface area contributed by atoms with E-state index in [0.717, 1.165) is 12.1 Å². The van der Waals surface area contributed by atoms with Crippen molar-refractivity contribution in [2.45, 2.75) is 37.5 Å². The molecule has 0 heterocycles. The van der Waals surface area contributed by atoms with E-state index < -0.39 is 30.0 Å². The monoisotopic (exact) mass is 438 g/mol. The predicted octanol–water partition coefficient (Wildman–Crippen LogP) is 4.39. The molecule has 6 nitrogen and oxygen atoms in total. The SMILES string of the molecule is Cc1c(Cl)cc(S(=O)(=O)O)c(-c2c(S(=O)(=O)O)cc(Cl)c(C)c2C)c1C. The molecular weight excluding hydrogens is 423 g/mol. The third-order valence-corrected chi connectivity index (χ3v) is 6.95. The Bertz CT molecular complexity index is 1040. The normalized spacial score (nSPS) is 12.5. The fourth-order valence-electron chi connectivity index (χ4n) is 2.72. The Kier molecular flexibility index (Phi) is 5.51. The van der Waals surface area contributed by atoms with E-state index in [1.54, 1.807) is 27.7 Å². The first-order chi connectivity index (χ1) is 11.7. The van der Waals surface area contributed by atoms with Crippen LogP contribution in [0.5, 0.6) is 0 Å². The first-order valence-corrected chi connectivity index (χ1v) is 10.9. The van der Waals surface area contributed by atoms with Gasteiger partial charge in [0.05, 0.1) is 0 Å². The highest BCUT2D eigenvalue weighted by Crippen LogP contribution is 2.43. The van der Waals surface area contributed by atoms with E-state index in [-0.39, 0.29) is 21.2 Å². The molecule has 2 aromatic rings. The summed E-state index contributed by atoms with van der Waals surface area (Å²) in [4.78, 5) is -1.11. The number of halogens is 2. The topological polar surface area (TPSA) is 109 Å². The maximum atomic E-state index is 11.9. The first-order valence-electron chi connectivity index (χ1n) is 7.22. The third kappa shape index (κ3) is 3.62. The smallest absolute Gasteiger partial charge is 0.282 e. The van der Waals surface area contributed by atoms with Gasteiger partial charge in [-0.25, -0.2) is 0 Å². The molecule has 2 rings (SSSR count). The molecule has 0 saturated heterocycles. The van der Waals surface area contributed by atoms with Crippen molar-refractivity contribution in [2.24, 2.45) is 0 Å². The Morgan fingerprint density at radius 1 is 0.654 bits per heavy atom. The van der Waals surface area contributed by atoms with Gasteiger partial charge in [0.2, 0.25) is 0 Å². The van der Waals surface area contributed by atoms with Crippen LogP contribution in [0.25, 0.3) is 11.1 Å². The maximum absolute atomic E-state index is 11.9. The lowest BCUT2D eigenvalue weighted by molar-refractivity contribution is 0.480. The molecule has 0 spiro atoms. The Labute approximate surface area is 162 Å². The number of hydrogen-bond acceptors (Lipinski definition) is 4. The third-order valence-electron chi connectivity index (χ3n) is 4.41. The highest BCUT2D eigenvalue weighted by molar-refractivity contribution is 7.86. The van der Waals surface area contributed by atoms with Crippen LogP contribution in [-0.2, 0) is 20.2 Å². The average Bonchev–Trinajstić information content (AvgIpc) is 2.49. The zero-order valence-corrected chi connectivity index (χ0v) is 17.4. The fourth-order valence-corrected chi connectivity index (χ4v) is 4.91. The Morgan fingerprint density at radius 2 is 0.923 bits per heavy atom. The minimum Gasteiger partial charge on any atom is -0.282 e. The van der Waals surface area contributed by atoms with E-state index in [9.17, 15) is 25.9 Å². The van der Waals surface area contributed by atoms with Gasteiger partial charge < -0.3 is 0 Å². The zero-order valence-electron chi connectivity index (χ0n) is 14.3. The van der Waals surface area contributed by atoms with Gasteiger partial charge in [-0.1, -0.05) is 23.2 Å². The molecule has 0 aliphatic heterocycles. The van der Waals surface area contributed by atoms with Gasteiger partial charge >= 0.3 is 0 Å². The molecule has 0 aliphatic carbocycles. The Hall–Kier alpha value is -1.16. The van der Waals surface area contributed by atoms with Crippen LogP contribution in [0.4, 0.5) is 0 Å². The van der Waals surface area contributed by atoms with Gasteiger partial charge in [-0.15, -0.1) is 0 Å². The molecule has 142 valence electrons. The van der Waals surface area contributed by atoms with Gasteiger partial charge in [0.25, 0.3) is 20.2 Å². The molecule has 0 fully saturated rings. The molecule has 0 amide bonds. The summed E-state index contributed by atoms with van der Waals surface area (Å²) in [6.07, 6.45) is 0. The zero-order chi connectivity index (χ0) is 20.2. The standard InChI is InChI=1S/C16H16Cl2O6S2/c1-7-9(3)15(13(5-11(7)17)25(19,20)21)16-10(4)8(2)12(18)6-14(16)26(22,23)24/h5-6H,1-4H3,(H,19,20,21)(H,22,23,24). The lowest BCUT2D eigenvalue weighted by Crippen LogP contribution is -2.09. The van der Waals surface area contributed by atoms with E-state index in [1.807, 2.05) is 0 Å². The molecule has 0 atom stereocenters. The van der Waals surface area contributed by atoms with Crippen LogP contribution < -0.4 is 0 Å². The minimum atomic E-state index is -4.74. The summed E-state index contributed by atoms with van der Waals surface area (Å²) in [6.45, 7) is 6.34. The van der Waals surface area contributed by atoms with Crippen LogP contribution in [-0.4, -0.2) is 25.9 Å². The van der Waals surface area contributed by atoms with Gasteiger partial charge in [0, 0.05) is 21.2 Å². The molecular formula is C16H16Cl2O6S2. The summed E-state index contributed by atoms with van der Waals surface area (Å²) in [5, 5.41) is 0.186. The summed E-state index contributed by atoms with van der Waals surface area (Å²) in [5.74, 6) is 0. The molecule has 0 aromatic heterocycles. The molecule has 0 aliphatic rings. The van der Waals surface area contributed by atoms with Crippen molar-refractivity contribution < 1.29 is 25.9 Å². The van der Waals surface area contributed by atoms with E-state index in [4.69, 9.17) is 23.2 Å². The Balaban J connectivity index is 3.23. The Morgan fingerprint density at radius 3 is 1.15 bits per heavy atom. The summed E-state index contributed by atoms with van der Waals surface area (Å²) in [7, 11) is -9.48. The van der Waals surface area contributed by atoms with Crippen LogP contribution in [0.1, 0.15) is 22.3 Å². The summed E-state index contributed by atoms with van der Waals surface area (Å²) in [5.41, 5.74) is 1.59. The van der Waals surface area contributed by atoms with Crippen molar-refractivity contribution in [2.75, 3.05) is 0 Å². The van der Waals surface area contributed by atoms with Crippen molar-refractivity contribution in [3.63, 3.8) is 0 Å². The van der Waals surface area contributed by atoms with Crippen LogP contribution >= 0.6 is 23.2 Å². The quantitative estimate of drug-likeness (QED) is 0.687. The molecule has 0 bridgehead atoms. The van der Waals surface area contributed by atoms with Crippen molar-refractivity contribution in [3.8, 4) is 11.1 Å². The van der Waals surface area contributed by atoms with Gasteiger partial charge in [0.15, 0.2) is 0 Å². The molecule has 2 aromatic carbocycles. The summed E-state index contributed by atoms with van der Waals surface area (Å²) in [6, 6.07) is 2.09. The molecule has 2 N–H and O–H groups in total. The van der Waals surface area contributed by atoms with Crippen LogP contribution in [0.2, 0.25) is 10.0 Å². The van der Waals surface area contributed by atoms with E-state index >= 15 is 0 Å². The fraction of sp³-hybridized carbons (Fsp3) is 0.250. The maximum Gasteiger partial charge on any atom is 0.295 e. The van der Waals surface area contributed by atoms with Crippen molar-refractivity contribution in [1.82, 2.24) is 0 Å². The second-order valence-corrected chi connectivity index (χ2v) is 9.51. The summed E-state index contributed by atoms with van der Waals surface area (Å²) >= 11 is 12.1. The average molecular weight is 439 g/mol.